The van der Waals surface area contributed by atoms with Gasteiger partial charge in [0.25, 0.3) is 5.91 Å². The van der Waals surface area contributed by atoms with Crippen LogP contribution in [0, 0.1) is 11.8 Å². The molecule has 1 amide bonds. The Hall–Kier alpha value is -1.29. The number of carbonyl (C=O) groups excluding carboxylic acids is 1. The number of hydrogen-bond acceptors (Lipinski definition) is 6. The van der Waals surface area contributed by atoms with Crippen molar-refractivity contribution in [2.75, 3.05) is 13.1 Å². The Labute approximate surface area is 178 Å². The van der Waals surface area contributed by atoms with Crippen molar-refractivity contribution < 1.29 is 14.0 Å². The zero-order valence-corrected chi connectivity index (χ0v) is 17.8. The number of hydrazine groups is 1. The first-order chi connectivity index (χ1) is 14.7. The quantitative estimate of drug-likeness (QED) is 0.340. The third-order valence-electron chi connectivity index (χ3n) is 7.01. The highest BCUT2D eigenvalue weighted by molar-refractivity contribution is 5.99. The monoisotopic (exact) mass is 424 g/mol. The molecule has 0 bridgehead atoms. The Morgan fingerprint density at radius 1 is 1.03 bits per heavy atom. The summed E-state index contributed by atoms with van der Waals surface area (Å²) >= 11 is 0. The summed E-state index contributed by atoms with van der Waals surface area (Å²) in [5.41, 5.74) is 9.43. The number of nitrogens with zero attached hydrogens (tertiary/aromatic N) is 1. The molecule has 0 radical (unpaired) electrons. The summed E-state index contributed by atoms with van der Waals surface area (Å²) in [5.74, 6) is 1.44. The zero-order chi connectivity index (χ0) is 20.8. The fourth-order valence-electron chi connectivity index (χ4n) is 5.13. The standard InChI is InChI=1S/C21H37FN6O2/c22-16-8-6-15(7-9-16)17-12-19(28-27-17)25-21(23-13-14-4-2-1-3-5-14)26-20(29)18-10-11-24-30-18/h14-19,24,27-28H,1-13H2,(H2,23,25,26,29). The molecule has 3 atom stereocenters. The minimum absolute atomic E-state index is 0.0221. The number of aliphatic imine (C=N–C) groups is 1. The van der Waals surface area contributed by atoms with E-state index in [1.807, 2.05) is 0 Å². The number of hydroxylamine groups is 1. The lowest BCUT2D eigenvalue weighted by molar-refractivity contribution is -0.131. The predicted octanol–water partition coefficient (Wildman–Crippen LogP) is 1.64. The van der Waals surface area contributed by atoms with E-state index in [9.17, 15) is 9.18 Å². The number of carbonyl (C=O) groups is 1. The molecule has 2 aliphatic carbocycles. The highest BCUT2D eigenvalue weighted by Gasteiger charge is 2.34. The summed E-state index contributed by atoms with van der Waals surface area (Å²) in [6, 6.07) is 0.313. The van der Waals surface area contributed by atoms with E-state index in [0.29, 0.717) is 49.6 Å². The van der Waals surface area contributed by atoms with Gasteiger partial charge in [0.05, 0.1) is 6.17 Å². The maximum atomic E-state index is 13.5. The van der Waals surface area contributed by atoms with Crippen molar-refractivity contribution in [2.24, 2.45) is 16.8 Å². The van der Waals surface area contributed by atoms with E-state index in [-0.39, 0.29) is 12.1 Å². The SMILES string of the molecule is O=C(NC(=NCC1CCCCC1)NC1CC(C2CCC(F)CC2)NN1)C1CCNO1. The molecule has 5 N–H and O–H groups in total. The molecular formula is C21H37FN6O2. The fraction of sp³-hybridized carbons (Fsp3) is 0.905. The van der Waals surface area contributed by atoms with Crippen molar-refractivity contribution in [3.05, 3.63) is 0 Å². The molecule has 0 aromatic rings. The van der Waals surface area contributed by atoms with Gasteiger partial charge < -0.3 is 5.32 Å². The number of rotatable bonds is 5. The highest BCUT2D eigenvalue weighted by Crippen LogP contribution is 2.31. The van der Waals surface area contributed by atoms with Crippen molar-refractivity contribution >= 4 is 11.9 Å². The van der Waals surface area contributed by atoms with Crippen LogP contribution < -0.4 is 27.0 Å². The molecule has 30 heavy (non-hydrogen) atoms. The number of amides is 1. The van der Waals surface area contributed by atoms with Gasteiger partial charge in [0, 0.05) is 19.1 Å². The van der Waals surface area contributed by atoms with Crippen molar-refractivity contribution in [3.8, 4) is 0 Å². The second kappa shape index (κ2) is 10.8. The van der Waals surface area contributed by atoms with Gasteiger partial charge in [0.2, 0.25) is 0 Å². The van der Waals surface area contributed by atoms with Crippen LogP contribution in [0.4, 0.5) is 4.39 Å². The van der Waals surface area contributed by atoms with Gasteiger partial charge in [-0.05, 0) is 63.2 Å². The lowest BCUT2D eigenvalue weighted by Gasteiger charge is -2.28. The van der Waals surface area contributed by atoms with Crippen LogP contribution in [0.2, 0.25) is 0 Å². The largest absolute Gasteiger partial charge is 0.339 e. The molecule has 0 aromatic carbocycles. The topological polar surface area (TPSA) is 98.8 Å². The van der Waals surface area contributed by atoms with Crippen LogP contribution in [0.25, 0.3) is 0 Å². The van der Waals surface area contributed by atoms with Crippen LogP contribution >= 0.6 is 0 Å². The average Bonchev–Trinajstić information content (AvgIpc) is 3.46. The van der Waals surface area contributed by atoms with Crippen LogP contribution in [-0.4, -0.2) is 49.4 Å². The third kappa shape index (κ3) is 6.12. The second-order valence-electron chi connectivity index (χ2n) is 9.31. The molecule has 170 valence electrons. The minimum Gasteiger partial charge on any atom is -0.339 e. The number of halogens is 1. The maximum absolute atomic E-state index is 13.5. The molecule has 9 heteroatoms. The van der Waals surface area contributed by atoms with Crippen LogP contribution in [0.15, 0.2) is 4.99 Å². The zero-order valence-electron chi connectivity index (χ0n) is 17.8. The summed E-state index contributed by atoms with van der Waals surface area (Å²) in [6.07, 6.45) is 9.87. The summed E-state index contributed by atoms with van der Waals surface area (Å²) in [7, 11) is 0. The average molecular weight is 425 g/mol. The summed E-state index contributed by atoms with van der Waals surface area (Å²) in [5, 5.41) is 6.33. The van der Waals surface area contributed by atoms with Gasteiger partial charge in [0.15, 0.2) is 12.1 Å². The molecule has 2 saturated carbocycles. The Kier molecular flexibility index (Phi) is 7.92. The van der Waals surface area contributed by atoms with Gasteiger partial charge in [-0.2, -0.15) is 0 Å². The number of hydrogen-bond donors (Lipinski definition) is 5. The van der Waals surface area contributed by atoms with Gasteiger partial charge in [-0.1, -0.05) is 19.3 Å². The summed E-state index contributed by atoms with van der Waals surface area (Å²) in [4.78, 5) is 22.6. The van der Waals surface area contributed by atoms with E-state index in [1.165, 1.54) is 32.1 Å². The molecule has 2 heterocycles. The molecule has 4 fully saturated rings. The van der Waals surface area contributed by atoms with Gasteiger partial charge in [0.1, 0.15) is 6.17 Å². The third-order valence-corrected chi connectivity index (χ3v) is 7.01. The molecule has 0 aromatic heterocycles. The first-order valence-corrected chi connectivity index (χ1v) is 11.8. The summed E-state index contributed by atoms with van der Waals surface area (Å²) in [6.45, 7) is 1.41. The van der Waals surface area contributed by atoms with Gasteiger partial charge >= 0.3 is 0 Å². The molecule has 4 aliphatic rings. The van der Waals surface area contributed by atoms with E-state index in [1.54, 1.807) is 0 Å². The Balaban J connectivity index is 1.32. The van der Waals surface area contributed by atoms with Crippen molar-refractivity contribution in [1.29, 1.82) is 0 Å². The molecule has 0 spiro atoms. The van der Waals surface area contributed by atoms with Crippen molar-refractivity contribution in [3.63, 3.8) is 0 Å². The minimum atomic E-state index is -0.634. The smallest absolute Gasteiger partial charge is 0.257 e. The van der Waals surface area contributed by atoms with Crippen LogP contribution in [0.5, 0.6) is 0 Å². The first kappa shape index (κ1) is 21.9. The second-order valence-corrected chi connectivity index (χ2v) is 9.31. The van der Waals surface area contributed by atoms with Crippen molar-refractivity contribution in [1.82, 2.24) is 27.0 Å². The fourth-order valence-corrected chi connectivity index (χ4v) is 5.13. The van der Waals surface area contributed by atoms with Gasteiger partial charge in [-0.15, -0.1) is 0 Å². The van der Waals surface area contributed by atoms with E-state index in [4.69, 9.17) is 9.83 Å². The lowest BCUT2D eigenvalue weighted by Crippen LogP contribution is -2.52. The Morgan fingerprint density at radius 2 is 1.83 bits per heavy atom. The highest BCUT2D eigenvalue weighted by atomic mass is 19.1. The first-order valence-electron chi connectivity index (χ1n) is 11.8. The molecular weight excluding hydrogens is 387 g/mol. The van der Waals surface area contributed by atoms with Crippen LogP contribution in [-0.2, 0) is 9.63 Å². The van der Waals surface area contributed by atoms with Crippen LogP contribution in [0.1, 0.15) is 70.6 Å². The van der Waals surface area contributed by atoms with E-state index in [2.05, 4.69) is 27.0 Å². The van der Waals surface area contributed by atoms with Gasteiger partial charge in [-0.25, -0.2) is 15.3 Å². The summed E-state index contributed by atoms with van der Waals surface area (Å²) < 4.78 is 13.5. The Bertz CT molecular complexity index is 586. The normalized spacial score (nSPS) is 36.0. The lowest BCUT2D eigenvalue weighted by atomic mass is 9.82. The molecule has 2 aliphatic heterocycles. The number of nitrogens with one attached hydrogen (secondary N) is 5. The van der Waals surface area contributed by atoms with E-state index >= 15 is 0 Å². The molecule has 2 saturated heterocycles. The number of guanidine groups is 1. The van der Waals surface area contributed by atoms with Gasteiger partial charge in [-0.3, -0.25) is 25.4 Å². The van der Waals surface area contributed by atoms with E-state index < -0.39 is 12.3 Å². The number of alkyl halides is 1. The molecule has 3 unspecified atom stereocenters. The van der Waals surface area contributed by atoms with E-state index in [0.717, 1.165) is 25.8 Å². The molecule has 4 rings (SSSR count). The molecule has 8 nitrogen and oxygen atoms in total. The Morgan fingerprint density at radius 3 is 2.57 bits per heavy atom. The van der Waals surface area contributed by atoms with Crippen LogP contribution in [0.3, 0.4) is 0 Å². The van der Waals surface area contributed by atoms with Crippen molar-refractivity contribution in [2.45, 2.75) is 95.1 Å². The maximum Gasteiger partial charge on any atom is 0.257 e. The predicted molar refractivity (Wildman–Crippen MR) is 113 cm³/mol.